The van der Waals surface area contributed by atoms with Gasteiger partial charge in [-0.3, -0.25) is 4.79 Å². The average Bonchev–Trinajstić information content (AvgIpc) is 2.79. The Bertz CT molecular complexity index is 1030. The maximum Gasteiger partial charge on any atom is 0.337 e. The lowest BCUT2D eigenvalue weighted by molar-refractivity contribution is -0.116. The molecule has 0 radical (unpaired) electrons. The Hall–Kier alpha value is -2.71. The van der Waals surface area contributed by atoms with Crippen LogP contribution in [0.5, 0.6) is 0 Å². The van der Waals surface area contributed by atoms with Crippen LogP contribution in [0.1, 0.15) is 48.0 Å². The van der Waals surface area contributed by atoms with Gasteiger partial charge in [-0.1, -0.05) is 37.5 Å². The number of sulfonamides is 1. The predicted molar refractivity (Wildman–Crippen MR) is 118 cm³/mol. The zero-order chi connectivity index (χ0) is 22.4. The van der Waals surface area contributed by atoms with E-state index in [9.17, 15) is 18.0 Å². The van der Waals surface area contributed by atoms with Crippen molar-refractivity contribution in [2.24, 2.45) is 0 Å². The first-order valence-corrected chi connectivity index (χ1v) is 11.8. The summed E-state index contributed by atoms with van der Waals surface area (Å²) < 4.78 is 32.9. The molecule has 0 spiro atoms. The Morgan fingerprint density at radius 2 is 1.68 bits per heavy atom. The lowest BCUT2D eigenvalue weighted by Crippen LogP contribution is -2.45. The number of carbonyl (C=O) groups is 2. The summed E-state index contributed by atoms with van der Waals surface area (Å²) in [6.45, 7) is 1.62. The summed E-state index contributed by atoms with van der Waals surface area (Å²) >= 11 is 0. The van der Waals surface area contributed by atoms with Crippen molar-refractivity contribution in [3.05, 3.63) is 59.7 Å². The summed E-state index contributed by atoms with van der Waals surface area (Å²) in [7, 11) is -2.66. The van der Waals surface area contributed by atoms with Gasteiger partial charge in [-0.15, -0.1) is 0 Å². The van der Waals surface area contributed by atoms with Crippen LogP contribution in [0.15, 0.2) is 53.4 Å². The topological polar surface area (TPSA) is 92.8 Å². The second-order valence-electron chi connectivity index (χ2n) is 7.72. The van der Waals surface area contributed by atoms with Gasteiger partial charge in [-0.25, -0.2) is 13.2 Å². The molecule has 0 unspecified atom stereocenters. The normalized spacial score (nSPS) is 14.9. The molecule has 1 amide bonds. The van der Waals surface area contributed by atoms with E-state index in [1.54, 1.807) is 6.07 Å². The van der Waals surface area contributed by atoms with E-state index in [2.05, 4.69) is 10.1 Å². The number of para-hydroxylation sites is 1. The zero-order valence-electron chi connectivity index (χ0n) is 17.8. The number of hydrogen-bond donors (Lipinski definition) is 1. The van der Waals surface area contributed by atoms with E-state index in [-0.39, 0.29) is 29.0 Å². The van der Waals surface area contributed by atoms with Gasteiger partial charge < -0.3 is 10.1 Å². The minimum Gasteiger partial charge on any atom is -0.465 e. The molecule has 8 heteroatoms. The largest absolute Gasteiger partial charge is 0.465 e. The number of carbonyl (C=O) groups excluding carboxylic acids is 2. The number of nitrogens with one attached hydrogen (secondary N) is 1. The smallest absolute Gasteiger partial charge is 0.337 e. The Morgan fingerprint density at radius 3 is 2.29 bits per heavy atom. The van der Waals surface area contributed by atoms with Crippen molar-refractivity contribution in [2.45, 2.75) is 50.0 Å². The molecule has 1 N–H and O–H groups in total. The van der Waals surface area contributed by atoms with Crippen LogP contribution in [0.2, 0.25) is 0 Å². The lowest BCUT2D eigenvalue weighted by atomic mass is 9.95. The summed E-state index contributed by atoms with van der Waals surface area (Å²) in [6, 6.07) is 12.8. The fourth-order valence-corrected chi connectivity index (χ4v) is 5.48. The number of methoxy groups -OCH3 is 1. The first-order valence-electron chi connectivity index (χ1n) is 10.4. The number of nitrogens with zero attached hydrogens (tertiary/aromatic N) is 1. The maximum absolute atomic E-state index is 13.5. The second kappa shape index (κ2) is 10.1. The van der Waals surface area contributed by atoms with E-state index < -0.39 is 16.0 Å². The molecule has 31 heavy (non-hydrogen) atoms. The molecule has 166 valence electrons. The quantitative estimate of drug-likeness (QED) is 0.657. The molecule has 0 heterocycles. The van der Waals surface area contributed by atoms with E-state index in [1.807, 2.05) is 25.1 Å². The highest BCUT2D eigenvalue weighted by molar-refractivity contribution is 7.89. The molecule has 0 aliphatic heterocycles. The van der Waals surface area contributed by atoms with Crippen LogP contribution in [0.3, 0.4) is 0 Å². The highest BCUT2D eigenvalue weighted by Crippen LogP contribution is 2.28. The Morgan fingerprint density at radius 1 is 1.03 bits per heavy atom. The molecule has 1 aliphatic rings. The molecular weight excluding hydrogens is 416 g/mol. The molecule has 1 fully saturated rings. The van der Waals surface area contributed by atoms with Crippen LogP contribution in [-0.4, -0.2) is 44.3 Å². The molecule has 1 aliphatic carbocycles. The van der Waals surface area contributed by atoms with E-state index in [1.165, 1.54) is 35.7 Å². The average molecular weight is 445 g/mol. The SMILES string of the molecule is COC(=O)c1ccc(S(=O)(=O)N(CC(=O)Nc2ccccc2C)C2CCCCC2)cc1. The zero-order valence-corrected chi connectivity index (χ0v) is 18.7. The molecular formula is C23H28N2O5S. The van der Waals surface area contributed by atoms with Gasteiger partial charge in [0.25, 0.3) is 0 Å². The number of amides is 1. The van der Waals surface area contributed by atoms with Crippen LogP contribution in [-0.2, 0) is 19.6 Å². The van der Waals surface area contributed by atoms with Gasteiger partial charge >= 0.3 is 5.97 Å². The third-order valence-corrected chi connectivity index (χ3v) is 7.50. The third-order valence-electron chi connectivity index (χ3n) is 5.58. The van der Waals surface area contributed by atoms with Gasteiger partial charge in [-0.05, 0) is 55.7 Å². The van der Waals surface area contributed by atoms with E-state index >= 15 is 0 Å². The number of anilines is 1. The molecule has 1 saturated carbocycles. The summed E-state index contributed by atoms with van der Waals surface area (Å²) in [4.78, 5) is 24.5. The third kappa shape index (κ3) is 5.51. The highest BCUT2D eigenvalue weighted by Gasteiger charge is 2.34. The lowest BCUT2D eigenvalue weighted by Gasteiger charge is -2.33. The van der Waals surface area contributed by atoms with Gasteiger partial charge in [0, 0.05) is 11.7 Å². The molecule has 7 nitrogen and oxygen atoms in total. The molecule has 0 bridgehead atoms. The van der Waals surface area contributed by atoms with Gasteiger partial charge in [0.05, 0.1) is 24.1 Å². The van der Waals surface area contributed by atoms with Gasteiger partial charge in [-0.2, -0.15) is 4.31 Å². The number of benzene rings is 2. The minimum absolute atomic E-state index is 0.0504. The minimum atomic E-state index is -3.93. The van der Waals surface area contributed by atoms with E-state index in [0.29, 0.717) is 5.69 Å². The first kappa shape index (κ1) is 23.0. The Kier molecular flexibility index (Phi) is 7.46. The number of hydrogen-bond acceptors (Lipinski definition) is 5. The fourth-order valence-electron chi connectivity index (χ4n) is 3.84. The predicted octanol–water partition coefficient (Wildman–Crippen LogP) is 3.74. The summed E-state index contributed by atoms with van der Waals surface area (Å²) in [5.74, 6) is -0.916. The Labute approximate surface area is 183 Å². The van der Waals surface area contributed by atoms with Crippen molar-refractivity contribution in [1.29, 1.82) is 0 Å². The Balaban J connectivity index is 1.86. The first-order chi connectivity index (χ1) is 14.8. The summed E-state index contributed by atoms with van der Waals surface area (Å²) in [5, 5.41) is 2.83. The number of aryl methyl sites for hydroxylation is 1. The molecule has 2 aromatic rings. The van der Waals surface area contributed by atoms with Crippen molar-refractivity contribution in [3.63, 3.8) is 0 Å². The summed E-state index contributed by atoms with van der Waals surface area (Å²) in [5.41, 5.74) is 1.83. The van der Waals surface area contributed by atoms with Crippen LogP contribution in [0, 0.1) is 6.92 Å². The van der Waals surface area contributed by atoms with Gasteiger partial charge in [0.2, 0.25) is 15.9 Å². The molecule has 0 atom stereocenters. The molecule has 0 saturated heterocycles. The molecule has 2 aromatic carbocycles. The fraction of sp³-hybridized carbons (Fsp3) is 0.391. The van der Waals surface area contributed by atoms with E-state index in [0.717, 1.165) is 37.7 Å². The monoisotopic (exact) mass is 444 g/mol. The van der Waals surface area contributed by atoms with Crippen LogP contribution in [0.25, 0.3) is 0 Å². The van der Waals surface area contributed by atoms with Crippen LogP contribution >= 0.6 is 0 Å². The van der Waals surface area contributed by atoms with Crippen molar-refractivity contribution in [2.75, 3.05) is 19.0 Å². The van der Waals surface area contributed by atoms with Crippen LogP contribution < -0.4 is 5.32 Å². The van der Waals surface area contributed by atoms with Gasteiger partial charge in [0.1, 0.15) is 0 Å². The summed E-state index contributed by atoms with van der Waals surface area (Å²) in [6.07, 6.45) is 4.36. The van der Waals surface area contributed by atoms with Crippen molar-refractivity contribution in [3.8, 4) is 0 Å². The van der Waals surface area contributed by atoms with Crippen molar-refractivity contribution in [1.82, 2.24) is 4.31 Å². The van der Waals surface area contributed by atoms with Gasteiger partial charge in [0.15, 0.2) is 0 Å². The highest BCUT2D eigenvalue weighted by atomic mass is 32.2. The van der Waals surface area contributed by atoms with E-state index in [4.69, 9.17) is 0 Å². The van der Waals surface area contributed by atoms with Crippen molar-refractivity contribution < 1.29 is 22.7 Å². The molecule has 3 rings (SSSR count). The molecule has 0 aromatic heterocycles. The number of ether oxygens (including phenoxy) is 1. The maximum atomic E-state index is 13.5. The van der Waals surface area contributed by atoms with Crippen molar-refractivity contribution >= 4 is 27.6 Å². The second-order valence-corrected chi connectivity index (χ2v) is 9.61. The van der Waals surface area contributed by atoms with Crippen LogP contribution in [0.4, 0.5) is 5.69 Å². The number of rotatable bonds is 7. The standard InChI is InChI=1S/C23H28N2O5S/c1-17-8-6-7-11-21(17)24-22(26)16-25(19-9-4-3-5-10-19)31(28,29)20-14-12-18(13-15-20)23(27)30-2/h6-8,11-15,19H,3-5,9-10,16H2,1-2H3,(H,24,26). The number of esters is 1.